The summed E-state index contributed by atoms with van der Waals surface area (Å²) in [5, 5.41) is 6.40. The third kappa shape index (κ3) is 8.27. The highest BCUT2D eigenvalue weighted by atomic mass is 32.1. The van der Waals surface area contributed by atoms with Crippen LogP contribution in [-0.2, 0) is 54.3 Å². The summed E-state index contributed by atoms with van der Waals surface area (Å²) in [4.78, 5) is 50.4. The van der Waals surface area contributed by atoms with E-state index in [1.807, 2.05) is 0 Å². The number of hydrogen-bond acceptors (Lipinski definition) is 13. The van der Waals surface area contributed by atoms with Crippen molar-refractivity contribution in [2.45, 2.75) is 65.1 Å². The van der Waals surface area contributed by atoms with E-state index in [0.29, 0.717) is 0 Å². The first-order chi connectivity index (χ1) is 15.6. The Morgan fingerprint density at radius 1 is 0.939 bits per heavy atom. The second kappa shape index (κ2) is 12.1. The van der Waals surface area contributed by atoms with E-state index in [-0.39, 0.29) is 18.5 Å². The zero-order valence-electron chi connectivity index (χ0n) is 18.3. The molecule has 2 rings (SSSR count). The van der Waals surface area contributed by atoms with Crippen molar-refractivity contribution in [3.05, 3.63) is 12.7 Å². The highest BCUT2D eigenvalue weighted by molar-refractivity contribution is 7.80. The van der Waals surface area contributed by atoms with Crippen molar-refractivity contribution in [2.75, 3.05) is 6.61 Å². The fourth-order valence-corrected chi connectivity index (χ4v) is 3.10. The summed E-state index contributed by atoms with van der Waals surface area (Å²) in [6.07, 6.45) is -3.52. The maximum Gasteiger partial charge on any atom is 0.303 e. The van der Waals surface area contributed by atoms with Gasteiger partial charge in [0.2, 0.25) is 0 Å². The predicted octanol–water partition coefficient (Wildman–Crippen LogP) is -0.790. The van der Waals surface area contributed by atoms with Gasteiger partial charge in [-0.1, -0.05) is 0 Å². The molecule has 0 radical (unpaired) electrons. The minimum atomic E-state index is -1.32. The number of rotatable bonds is 8. The fourth-order valence-electron chi connectivity index (χ4n) is 2.93. The van der Waals surface area contributed by atoms with Crippen LogP contribution in [0.1, 0.15) is 27.7 Å². The Labute approximate surface area is 193 Å². The van der Waals surface area contributed by atoms with Gasteiger partial charge in [-0.2, -0.15) is 5.10 Å². The Bertz CT molecular complexity index is 864. The lowest BCUT2D eigenvalue weighted by Gasteiger charge is -2.44. The molecule has 0 aromatic carbocycles. The maximum absolute atomic E-state index is 11.8. The minimum absolute atomic E-state index is 0.0862. The quantitative estimate of drug-likeness (QED) is 0.275. The van der Waals surface area contributed by atoms with E-state index in [0.717, 1.165) is 20.8 Å². The molecule has 1 N–H and O–H groups in total. The van der Waals surface area contributed by atoms with Crippen molar-refractivity contribution in [3.63, 3.8) is 0 Å². The Kier molecular flexibility index (Phi) is 9.47. The van der Waals surface area contributed by atoms with Gasteiger partial charge >= 0.3 is 23.9 Å². The van der Waals surface area contributed by atoms with Crippen LogP contribution in [0.5, 0.6) is 0 Å². The van der Waals surface area contributed by atoms with E-state index < -0.39 is 54.5 Å². The summed E-state index contributed by atoms with van der Waals surface area (Å²) in [5.74, 6) is -2.83. The van der Waals surface area contributed by atoms with Gasteiger partial charge in [0, 0.05) is 27.7 Å². The molecule has 0 amide bonds. The molecule has 1 aromatic heterocycles. The number of aromatic nitrogens is 3. The highest BCUT2D eigenvalue weighted by Crippen LogP contribution is 2.28. The van der Waals surface area contributed by atoms with Crippen LogP contribution < -0.4 is 5.32 Å². The van der Waals surface area contributed by atoms with Gasteiger partial charge in [0.1, 0.15) is 25.4 Å². The van der Waals surface area contributed by atoms with Crippen molar-refractivity contribution in [1.82, 2.24) is 20.1 Å². The lowest BCUT2D eigenvalue weighted by Crippen LogP contribution is -2.66. The van der Waals surface area contributed by atoms with E-state index in [4.69, 9.17) is 40.6 Å². The first-order valence-corrected chi connectivity index (χ1v) is 10.0. The third-order valence-electron chi connectivity index (χ3n) is 4.05. The molecule has 0 aliphatic carbocycles. The minimum Gasteiger partial charge on any atom is -0.463 e. The molecule has 1 aliphatic rings. The maximum atomic E-state index is 11.8. The molecule has 1 aliphatic heterocycles. The second-order valence-corrected chi connectivity index (χ2v) is 7.13. The molecule has 0 unspecified atom stereocenters. The van der Waals surface area contributed by atoms with E-state index in [9.17, 15) is 19.2 Å². The second-order valence-electron chi connectivity index (χ2n) is 6.76. The van der Waals surface area contributed by atoms with Gasteiger partial charge in [0.05, 0.1) is 0 Å². The van der Waals surface area contributed by atoms with Crippen molar-refractivity contribution in [3.8, 4) is 0 Å². The molecule has 2 heterocycles. The van der Waals surface area contributed by atoms with Crippen LogP contribution in [-0.4, -0.2) is 81.1 Å². The Morgan fingerprint density at radius 3 is 2.09 bits per heavy atom. The molecule has 1 fully saturated rings. The first kappa shape index (κ1) is 25.9. The number of nitrogens with one attached hydrogen (secondary N) is 1. The average Bonchev–Trinajstić information content (AvgIpc) is 3.22. The van der Waals surface area contributed by atoms with Crippen molar-refractivity contribution >= 4 is 41.3 Å². The lowest BCUT2D eigenvalue weighted by atomic mass is 9.97. The van der Waals surface area contributed by atoms with Crippen LogP contribution in [0.3, 0.4) is 0 Å². The molecular formula is C18H24N4O10S. The Balaban J connectivity index is 2.29. The summed E-state index contributed by atoms with van der Waals surface area (Å²) >= 11 is 5.15. The zero-order valence-corrected chi connectivity index (χ0v) is 19.1. The summed E-state index contributed by atoms with van der Waals surface area (Å²) in [7, 11) is 0. The van der Waals surface area contributed by atoms with Crippen molar-refractivity contribution < 1.29 is 47.6 Å². The van der Waals surface area contributed by atoms with E-state index in [2.05, 4.69) is 15.4 Å². The van der Waals surface area contributed by atoms with Crippen LogP contribution in [0.25, 0.3) is 0 Å². The molecule has 15 heteroatoms. The van der Waals surface area contributed by atoms with E-state index >= 15 is 0 Å². The molecule has 33 heavy (non-hydrogen) atoms. The standard InChI is InChI=1S/C18H24N4O10S/c1-9(23)27-5-13-14(29-10(2)24)15(30-11(3)25)16(31-12(4)26)17(32-13)21-18(33)28-8-22-7-19-6-20-22/h6-7,13-17H,5,8H2,1-4H3,(H,21,33)/t13-,14-,15+,16-,17-/m1/s1. The first-order valence-electron chi connectivity index (χ1n) is 9.63. The summed E-state index contributed by atoms with van der Waals surface area (Å²) in [5.41, 5.74) is 0. The third-order valence-corrected chi connectivity index (χ3v) is 4.28. The van der Waals surface area contributed by atoms with Crippen molar-refractivity contribution in [1.29, 1.82) is 0 Å². The number of ether oxygens (including phenoxy) is 6. The highest BCUT2D eigenvalue weighted by Gasteiger charge is 2.52. The number of carbonyl (C=O) groups excluding carboxylic acids is 4. The van der Waals surface area contributed by atoms with Crippen LogP contribution >= 0.6 is 12.2 Å². The van der Waals surface area contributed by atoms with E-state index in [1.54, 1.807) is 0 Å². The molecule has 0 bridgehead atoms. The number of carbonyl (C=O) groups is 4. The SMILES string of the molecule is CC(=O)OC[C@H]1O[C@@H](NC(=S)OCn2cncn2)[C@H](OC(C)=O)[C@@H](OC(C)=O)[C@@H]1OC(C)=O. The molecule has 0 saturated carbocycles. The summed E-state index contributed by atoms with van der Waals surface area (Å²) in [6, 6.07) is 0. The molecule has 1 saturated heterocycles. The lowest BCUT2D eigenvalue weighted by molar-refractivity contribution is -0.255. The monoisotopic (exact) mass is 488 g/mol. The van der Waals surface area contributed by atoms with Crippen LogP contribution in [0.2, 0.25) is 0 Å². The van der Waals surface area contributed by atoms with E-state index in [1.165, 1.54) is 24.3 Å². The Hall–Kier alpha value is -3.33. The topological polar surface area (TPSA) is 166 Å². The zero-order chi connectivity index (χ0) is 24.5. The number of thiocarbonyl (C=S) groups is 1. The molecule has 1 aromatic rings. The average molecular weight is 488 g/mol. The van der Waals surface area contributed by atoms with Gasteiger partial charge in [-0.25, -0.2) is 9.67 Å². The smallest absolute Gasteiger partial charge is 0.303 e. The molecular weight excluding hydrogens is 464 g/mol. The van der Waals surface area contributed by atoms with Gasteiger partial charge in [-0.05, 0) is 12.2 Å². The van der Waals surface area contributed by atoms with Gasteiger partial charge in [-0.3, -0.25) is 19.2 Å². The number of hydrogen-bond donors (Lipinski definition) is 1. The number of esters is 4. The van der Waals surface area contributed by atoms with Gasteiger partial charge in [-0.15, -0.1) is 0 Å². The fraction of sp³-hybridized carbons (Fsp3) is 0.611. The molecule has 0 spiro atoms. The predicted molar refractivity (Wildman–Crippen MR) is 109 cm³/mol. The largest absolute Gasteiger partial charge is 0.463 e. The van der Waals surface area contributed by atoms with Crippen LogP contribution in [0.4, 0.5) is 0 Å². The summed E-state index contributed by atoms with van der Waals surface area (Å²) < 4.78 is 33.5. The van der Waals surface area contributed by atoms with Crippen LogP contribution in [0, 0.1) is 0 Å². The molecule has 182 valence electrons. The normalized spacial score (nSPS) is 24.2. The van der Waals surface area contributed by atoms with Gasteiger partial charge in [0.25, 0.3) is 5.17 Å². The number of nitrogens with zero attached hydrogens (tertiary/aromatic N) is 3. The van der Waals surface area contributed by atoms with Gasteiger partial charge < -0.3 is 33.7 Å². The summed E-state index contributed by atoms with van der Waals surface area (Å²) in [6.45, 7) is 4.12. The van der Waals surface area contributed by atoms with Gasteiger partial charge in [0.15, 0.2) is 31.3 Å². The van der Waals surface area contributed by atoms with Crippen molar-refractivity contribution in [2.24, 2.45) is 0 Å². The Morgan fingerprint density at radius 2 is 1.55 bits per heavy atom. The molecule has 5 atom stereocenters. The molecule has 14 nitrogen and oxygen atoms in total. The van der Waals surface area contributed by atoms with Crippen LogP contribution in [0.15, 0.2) is 12.7 Å².